The van der Waals surface area contributed by atoms with Crippen molar-refractivity contribution in [2.75, 3.05) is 0 Å². The van der Waals surface area contributed by atoms with Gasteiger partial charge in [-0.3, -0.25) is 10.8 Å². The molecule has 5 rings (SSSR count). The van der Waals surface area contributed by atoms with Crippen LogP contribution in [0.2, 0.25) is 0 Å². The zero-order valence-corrected chi connectivity index (χ0v) is 15.4. The second-order valence-electron chi connectivity index (χ2n) is 7.02. The molecule has 2 aromatic heterocycles. The highest BCUT2D eigenvalue weighted by Crippen LogP contribution is 2.33. The molecule has 0 atom stereocenters. The Morgan fingerprint density at radius 1 is 0.759 bits per heavy atom. The molecule has 0 aliphatic heterocycles. The van der Waals surface area contributed by atoms with Crippen LogP contribution in [-0.4, -0.2) is 31.6 Å². The van der Waals surface area contributed by atoms with Gasteiger partial charge in [-0.05, 0) is 47.5 Å². The van der Waals surface area contributed by atoms with Crippen molar-refractivity contribution < 1.29 is 0 Å². The molecule has 0 fully saturated rings. The normalized spacial score (nSPS) is 13.7. The van der Waals surface area contributed by atoms with Crippen LogP contribution >= 0.6 is 0 Å². The molecule has 1 aliphatic rings. The number of nitrogens with zero attached hydrogens (tertiary/aromatic N) is 2. The number of benzene rings is 2. The molecule has 0 radical (unpaired) electrons. The maximum absolute atomic E-state index is 7.58. The van der Waals surface area contributed by atoms with Crippen molar-refractivity contribution >= 4 is 44.9 Å². The van der Waals surface area contributed by atoms with E-state index in [9.17, 15) is 0 Å². The maximum atomic E-state index is 7.58. The predicted octanol–water partition coefficient (Wildman–Crippen LogP) is 2.88. The number of nitrogen functional groups attached to an aromatic ring is 2. The second-order valence-corrected chi connectivity index (χ2v) is 7.02. The van der Waals surface area contributed by atoms with E-state index in [1.165, 1.54) is 0 Å². The molecule has 0 bridgehead atoms. The molecule has 1 aliphatic carbocycles. The van der Waals surface area contributed by atoms with E-state index in [0.29, 0.717) is 17.5 Å². The van der Waals surface area contributed by atoms with Gasteiger partial charge in [0, 0.05) is 17.5 Å². The number of amidine groups is 2. The van der Waals surface area contributed by atoms with Crippen molar-refractivity contribution in [3.05, 3.63) is 71.3 Å². The minimum Gasteiger partial charge on any atom is -0.384 e. The van der Waals surface area contributed by atoms with Gasteiger partial charge in [-0.2, -0.15) is 0 Å². The van der Waals surface area contributed by atoms with Gasteiger partial charge in [-0.1, -0.05) is 12.2 Å². The highest BCUT2D eigenvalue weighted by molar-refractivity contribution is 5.99. The number of fused-ring (bicyclic) bond motifs is 2. The van der Waals surface area contributed by atoms with Gasteiger partial charge in [0.2, 0.25) is 0 Å². The summed E-state index contributed by atoms with van der Waals surface area (Å²) < 4.78 is 0. The molecule has 4 aromatic rings. The number of imidazole rings is 2. The number of rotatable bonds is 4. The zero-order valence-electron chi connectivity index (χ0n) is 15.4. The highest BCUT2D eigenvalue weighted by atomic mass is 14.9. The summed E-state index contributed by atoms with van der Waals surface area (Å²) in [5, 5.41) is 15.2. The van der Waals surface area contributed by atoms with E-state index < -0.39 is 0 Å². The largest absolute Gasteiger partial charge is 0.384 e. The molecule has 8 nitrogen and oxygen atoms in total. The average molecular weight is 382 g/mol. The van der Waals surface area contributed by atoms with Gasteiger partial charge in [0.1, 0.15) is 23.3 Å². The lowest BCUT2D eigenvalue weighted by atomic mass is 10.1. The fourth-order valence-corrected chi connectivity index (χ4v) is 3.51. The quantitative estimate of drug-likeness (QED) is 0.237. The van der Waals surface area contributed by atoms with Crippen LogP contribution in [0.1, 0.15) is 29.2 Å². The second kappa shape index (κ2) is 6.16. The number of hydrogen-bond acceptors (Lipinski definition) is 4. The molecule has 2 aromatic carbocycles. The number of nitrogens with one attached hydrogen (secondary N) is 4. The molecule has 0 saturated heterocycles. The SMILES string of the molecule is N=C(N)c1ccc2nc(C3=CC=C(c4nc5ccc(C(=N)N)cc5[nH]4)C3)[nH]c2c1. The number of allylic oxidation sites excluding steroid dienone is 4. The number of aromatic amines is 2. The third-order valence-corrected chi connectivity index (χ3v) is 5.06. The molecular weight excluding hydrogens is 364 g/mol. The minimum atomic E-state index is 0.0323. The predicted molar refractivity (Wildman–Crippen MR) is 115 cm³/mol. The van der Waals surface area contributed by atoms with Crippen molar-refractivity contribution in [1.82, 2.24) is 19.9 Å². The third-order valence-electron chi connectivity index (χ3n) is 5.06. The van der Waals surface area contributed by atoms with Gasteiger partial charge >= 0.3 is 0 Å². The monoisotopic (exact) mass is 382 g/mol. The van der Waals surface area contributed by atoms with E-state index >= 15 is 0 Å². The minimum absolute atomic E-state index is 0.0323. The first-order chi connectivity index (χ1) is 14.0. The van der Waals surface area contributed by atoms with Crippen LogP contribution < -0.4 is 11.5 Å². The average Bonchev–Trinajstić information content (AvgIpc) is 3.42. The Kier molecular flexibility index (Phi) is 3.60. The molecule has 0 amide bonds. The number of hydrogen-bond donors (Lipinski definition) is 6. The van der Waals surface area contributed by atoms with Crippen LogP contribution in [0, 0.1) is 10.8 Å². The van der Waals surface area contributed by atoms with Crippen LogP contribution in [0.5, 0.6) is 0 Å². The van der Waals surface area contributed by atoms with E-state index in [-0.39, 0.29) is 11.7 Å². The molecule has 29 heavy (non-hydrogen) atoms. The Labute approximate surface area is 165 Å². The third kappa shape index (κ3) is 2.87. The van der Waals surface area contributed by atoms with Crippen LogP contribution in [0.25, 0.3) is 33.2 Å². The van der Waals surface area contributed by atoms with E-state index in [1.54, 1.807) is 12.1 Å². The lowest BCUT2D eigenvalue weighted by Crippen LogP contribution is -2.10. The van der Waals surface area contributed by atoms with E-state index in [1.807, 2.05) is 36.4 Å². The molecular formula is C21H18N8. The Bertz CT molecular complexity index is 1280. The lowest BCUT2D eigenvalue weighted by molar-refractivity contribution is 1.19. The highest BCUT2D eigenvalue weighted by Gasteiger charge is 2.18. The smallest absolute Gasteiger partial charge is 0.134 e. The summed E-state index contributed by atoms with van der Waals surface area (Å²) >= 11 is 0. The van der Waals surface area contributed by atoms with Crippen LogP contribution in [0.3, 0.4) is 0 Å². The zero-order chi connectivity index (χ0) is 20.1. The standard InChI is InChI=1S/C21H18N8/c22-18(23)10-3-5-14-16(8-10)28-20(26-14)12-1-2-13(7-12)21-27-15-6-4-11(19(24)25)9-17(15)29-21/h1-6,8-9H,7H2,(H3,22,23)(H3,24,25)(H,26,28)(H,27,29). The first-order valence-corrected chi connectivity index (χ1v) is 9.07. The van der Waals surface area contributed by atoms with Gasteiger partial charge in [0.25, 0.3) is 0 Å². The fourth-order valence-electron chi connectivity index (χ4n) is 3.51. The molecule has 8 N–H and O–H groups in total. The van der Waals surface area contributed by atoms with Crippen molar-refractivity contribution in [1.29, 1.82) is 10.8 Å². The van der Waals surface area contributed by atoms with E-state index in [2.05, 4.69) is 19.9 Å². The summed E-state index contributed by atoms with van der Waals surface area (Å²) in [6.07, 6.45) is 4.76. The Balaban J connectivity index is 1.42. The summed E-state index contributed by atoms with van der Waals surface area (Å²) in [5.74, 6) is 1.65. The molecule has 2 heterocycles. The first-order valence-electron chi connectivity index (χ1n) is 9.07. The summed E-state index contributed by atoms with van der Waals surface area (Å²) in [4.78, 5) is 16.0. The van der Waals surface area contributed by atoms with Crippen molar-refractivity contribution in [2.24, 2.45) is 11.5 Å². The van der Waals surface area contributed by atoms with Gasteiger partial charge in [0.05, 0.1) is 22.1 Å². The van der Waals surface area contributed by atoms with Gasteiger partial charge < -0.3 is 21.4 Å². The fraction of sp³-hybridized carbons (Fsp3) is 0.0476. The summed E-state index contributed by atoms with van der Waals surface area (Å²) in [6.45, 7) is 0. The first kappa shape index (κ1) is 16.9. The number of aromatic nitrogens is 4. The van der Waals surface area contributed by atoms with Crippen molar-refractivity contribution in [2.45, 2.75) is 6.42 Å². The summed E-state index contributed by atoms with van der Waals surface area (Å²) in [7, 11) is 0. The summed E-state index contributed by atoms with van der Waals surface area (Å²) in [6, 6.07) is 11.0. The van der Waals surface area contributed by atoms with Gasteiger partial charge in [-0.15, -0.1) is 0 Å². The Morgan fingerprint density at radius 2 is 1.21 bits per heavy atom. The maximum Gasteiger partial charge on any atom is 0.134 e. The number of H-pyrrole nitrogens is 2. The van der Waals surface area contributed by atoms with Crippen LogP contribution in [0.15, 0.2) is 48.6 Å². The lowest BCUT2D eigenvalue weighted by Gasteiger charge is -2.00. The van der Waals surface area contributed by atoms with Crippen LogP contribution in [-0.2, 0) is 0 Å². The van der Waals surface area contributed by atoms with Crippen LogP contribution in [0.4, 0.5) is 0 Å². The van der Waals surface area contributed by atoms with Crippen molar-refractivity contribution in [3.63, 3.8) is 0 Å². The Morgan fingerprint density at radius 3 is 1.62 bits per heavy atom. The van der Waals surface area contributed by atoms with Gasteiger partial charge in [-0.25, -0.2) is 9.97 Å². The van der Waals surface area contributed by atoms with Gasteiger partial charge in [0.15, 0.2) is 0 Å². The Hall–Kier alpha value is -4.20. The topological polar surface area (TPSA) is 157 Å². The van der Waals surface area contributed by atoms with E-state index in [4.69, 9.17) is 22.3 Å². The molecule has 142 valence electrons. The molecule has 0 saturated carbocycles. The molecule has 0 spiro atoms. The van der Waals surface area contributed by atoms with Crippen molar-refractivity contribution in [3.8, 4) is 0 Å². The number of nitrogens with two attached hydrogens (primary N) is 2. The van der Waals surface area contributed by atoms with E-state index in [0.717, 1.165) is 44.9 Å². The summed E-state index contributed by atoms with van der Waals surface area (Å²) in [5.41, 5.74) is 18.0. The molecule has 8 heteroatoms. The molecule has 0 unspecified atom stereocenters.